The van der Waals surface area contributed by atoms with Crippen LogP contribution in [0.3, 0.4) is 0 Å². The number of oxime groups is 1. The van der Waals surface area contributed by atoms with Crippen LogP contribution in [0.4, 0.5) is 0 Å². The van der Waals surface area contributed by atoms with Crippen molar-refractivity contribution in [2.24, 2.45) is 10.9 Å². The second-order valence-electron chi connectivity index (χ2n) is 4.43. The summed E-state index contributed by atoms with van der Waals surface area (Å²) in [5, 5.41) is 14.7. The topological polar surface area (TPSA) is 79.9 Å². The Morgan fingerprint density at radius 2 is 2.44 bits per heavy atom. The van der Waals surface area contributed by atoms with Gasteiger partial charge in [-0.1, -0.05) is 5.16 Å². The van der Waals surface area contributed by atoms with Gasteiger partial charge in [-0.25, -0.2) is 0 Å². The number of nitrogens with one attached hydrogen (secondary N) is 1. The largest absolute Gasteiger partial charge is 0.409 e. The maximum absolute atomic E-state index is 8.43. The van der Waals surface area contributed by atoms with Gasteiger partial charge in [0.1, 0.15) is 5.84 Å². The van der Waals surface area contributed by atoms with Crippen LogP contribution >= 0.6 is 0 Å². The smallest absolute Gasteiger partial charge is 0.140 e. The van der Waals surface area contributed by atoms with Crippen LogP contribution in [0.5, 0.6) is 0 Å². The summed E-state index contributed by atoms with van der Waals surface area (Å²) in [7, 11) is 0. The van der Waals surface area contributed by atoms with E-state index in [9.17, 15) is 0 Å². The highest BCUT2D eigenvalue weighted by atomic mass is 16.5. The summed E-state index contributed by atoms with van der Waals surface area (Å²) in [4.78, 5) is 0. The second kappa shape index (κ2) is 7.46. The lowest BCUT2D eigenvalue weighted by Crippen LogP contribution is -2.34. The van der Waals surface area contributed by atoms with Crippen LogP contribution in [-0.4, -0.2) is 36.3 Å². The SMILES string of the molecule is CC(CC(N)=NO)NCCC1CCCCO1. The van der Waals surface area contributed by atoms with Crippen molar-refractivity contribution in [3.63, 3.8) is 0 Å². The van der Waals surface area contributed by atoms with Crippen LogP contribution in [0.1, 0.15) is 39.0 Å². The molecule has 0 aromatic carbocycles. The molecular weight excluding hydrogens is 206 g/mol. The molecule has 1 aliphatic heterocycles. The normalized spacial score (nSPS) is 24.3. The maximum atomic E-state index is 8.43. The fraction of sp³-hybridized carbons (Fsp3) is 0.909. The van der Waals surface area contributed by atoms with E-state index in [2.05, 4.69) is 10.5 Å². The Labute approximate surface area is 97.0 Å². The van der Waals surface area contributed by atoms with Crippen molar-refractivity contribution < 1.29 is 9.94 Å². The van der Waals surface area contributed by atoms with Gasteiger partial charge in [0.2, 0.25) is 0 Å². The molecule has 1 aliphatic rings. The Morgan fingerprint density at radius 3 is 3.06 bits per heavy atom. The number of hydrogen-bond donors (Lipinski definition) is 3. The molecule has 4 N–H and O–H groups in total. The van der Waals surface area contributed by atoms with E-state index >= 15 is 0 Å². The molecule has 0 aromatic rings. The fourth-order valence-corrected chi connectivity index (χ4v) is 1.95. The zero-order chi connectivity index (χ0) is 11.8. The molecule has 1 heterocycles. The molecular formula is C11H23N3O2. The third-order valence-electron chi connectivity index (χ3n) is 2.88. The molecule has 5 heteroatoms. The van der Waals surface area contributed by atoms with Gasteiger partial charge in [0.25, 0.3) is 0 Å². The average molecular weight is 229 g/mol. The molecule has 1 saturated heterocycles. The van der Waals surface area contributed by atoms with E-state index in [1.54, 1.807) is 0 Å². The van der Waals surface area contributed by atoms with E-state index in [1.807, 2.05) is 6.92 Å². The summed E-state index contributed by atoms with van der Waals surface area (Å²) in [6.45, 7) is 3.86. The zero-order valence-corrected chi connectivity index (χ0v) is 9.98. The predicted molar refractivity (Wildman–Crippen MR) is 63.7 cm³/mol. The third-order valence-corrected chi connectivity index (χ3v) is 2.88. The molecule has 1 fully saturated rings. The van der Waals surface area contributed by atoms with E-state index in [0.717, 1.165) is 19.6 Å². The molecule has 0 spiro atoms. The van der Waals surface area contributed by atoms with Crippen molar-refractivity contribution in [3.8, 4) is 0 Å². The third kappa shape index (κ3) is 5.32. The quantitative estimate of drug-likeness (QED) is 0.275. The molecule has 2 atom stereocenters. The number of nitrogens with two attached hydrogens (primary N) is 1. The maximum Gasteiger partial charge on any atom is 0.140 e. The van der Waals surface area contributed by atoms with Crippen molar-refractivity contribution in [1.29, 1.82) is 0 Å². The predicted octanol–water partition coefficient (Wildman–Crippen LogP) is 1.06. The van der Waals surface area contributed by atoms with Gasteiger partial charge < -0.3 is 21.0 Å². The molecule has 0 aliphatic carbocycles. The summed E-state index contributed by atoms with van der Waals surface area (Å²) in [6.07, 6.45) is 5.69. The Kier molecular flexibility index (Phi) is 6.18. The summed E-state index contributed by atoms with van der Waals surface area (Å²) in [6, 6.07) is 0.236. The van der Waals surface area contributed by atoms with Crippen LogP contribution in [0.25, 0.3) is 0 Å². The standard InChI is InChI=1S/C11H23N3O2/c1-9(8-11(12)14-15)13-6-5-10-4-2-3-7-16-10/h9-10,13,15H,2-8H2,1H3,(H2,12,14). The summed E-state index contributed by atoms with van der Waals surface area (Å²) in [5.41, 5.74) is 5.42. The van der Waals surface area contributed by atoms with Gasteiger partial charge in [-0.15, -0.1) is 0 Å². The highest BCUT2D eigenvalue weighted by Gasteiger charge is 2.13. The monoisotopic (exact) mass is 229 g/mol. The van der Waals surface area contributed by atoms with E-state index in [-0.39, 0.29) is 11.9 Å². The molecule has 0 aromatic heterocycles. The molecule has 16 heavy (non-hydrogen) atoms. The lowest BCUT2D eigenvalue weighted by molar-refractivity contribution is 0.0113. The average Bonchev–Trinajstić information content (AvgIpc) is 2.30. The van der Waals surface area contributed by atoms with E-state index < -0.39 is 0 Å². The van der Waals surface area contributed by atoms with Crippen molar-refractivity contribution in [3.05, 3.63) is 0 Å². The first kappa shape index (κ1) is 13.3. The minimum atomic E-state index is 0.236. The van der Waals surface area contributed by atoms with Gasteiger partial charge in [0.05, 0.1) is 6.10 Å². The number of nitrogens with zero attached hydrogens (tertiary/aromatic N) is 1. The fourth-order valence-electron chi connectivity index (χ4n) is 1.95. The zero-order valence-electron chi connectivity index (χ0n) is 9.98. The molecule has 0 bridgehead atoms. The van der Waals surface area contributed by atoms with Gasteiger partial charge in [-0.2, -0.15) is 0 Å². The first-order chi connectivity index (χ1) is 7.72. The van der Waals surface area contributed by atoms with Gasteiger partial charge in [0, 0.05) is 19.1 Å². The van der Waals surface area contributed by atoms with Gasteiger partial charge >= 0.3 is 0 Å². The van der Waals surface area contributed by atoms with Gasteiger partial charge in [-0.05, 0) is 39.2 Å². The molecule has 0 radical (unpaired) electrons. The number of amidine groups is 1. The van der Waals surface area contributed by atoms with Crippen molar-refractivity contribution in [2.75, 3.05) is 13.2 Å². The van der Waals surface area contributed by atoms with Crippen molar-refractivity contribution >= 4 is 5.84 Å². The number of hydrogen-bond acceptors (Lipinski definition) is 4. The number of rotatable bonds is 6. The van der Waals surface area contributed by atoms with Crippen LogP contribution < -0.4 is 11.1 Å². The first-order valence-electron chi connectivity index (χ1n) is 6.03. The van der Waals surface area contributed by atoms with Crippen LogP contribution in [0.2, 0.25) is 0 Å². The Bertz CT molecular complexity index is 215. The van der Waals surface area contributed by atoms with Gasteiger partial charge in [-0.3, -0.25) is 0 Å². The molecule has 94 valence electrons. The minimum absolute atomic E-state index is 0.236. The van der Waals surface area contributed by atoms with Crippen LogP contribution in [-0.2, 0) is 4.74 Å². The lowest BCUT2D eigenvalue weighted by atomic mass is 10.1. The minimum Gasteiger partial charge on any atom is -0.409 e. The van der Waals surface area contributed by atoms with Gasteiger partial charge in [0.15, 0.2) is 0 Å². The molecule has 2 unspecified atom stereocenters. The highest BCUT2D eigenvalue weighted by molar-refractivity contribution is 5.80. The second-order valence-corrected chi connectivity index (χ2v) is 4.43. The highest BCUT2D eigenvalue weighted by Crippen LogP contribution is 2.14. The van der Waals surface area contributed by atoms with Crippen molar-refractivity contribution in [1.82, 2.24) is 5.32 Å². The Balaban J connectivity index is 2.05. The lowest BCUT2D eigenvalue weighted by Gasteiger charge is -2.23. The Morgan fingerprint density at radius 1 is 1.62 bits per heavy atom. The van der Waals surface area contributed by atoms with E-state index in [0.29, 0.717) is 12.5 Å². The van der Waals surface area contributed by atoms with Crippen LogP contribution in [0.15, 0.2) is 5.16 Å². The first-order valence-corrected chi connectivity index (χ1v) is 6.03. The van der Waals surface area contributed by atoms with E-state index in [1.165, 1.54) is 19.3 Å². The van der Waals surface area contributed by atoms with E-state index in [4.69, 9.17) is 15.7 Å². The summed E-state index contributed by atoms with van der Waals surface area (Å²) in [5.74, 6) is 0.272. The summed E-state index contributed by atoms with van der Waals surface area (Å²) >= 11 is 0. The summed E-state index contributed by atoms with van der Waals surface area (Å²) < 4.78 is 5.63. The molecule has 5 nitrogen and oxygen atoms in total. The molecule has 0 amide bonds. The molecule has 0 saturated carbocycles. The van der Waals surface area contributed by atoms with Crippen molar-refractivity contribution in [2.45, 2.75) is 51.2 Å². The number of ether oxygens (including phenoxy) is 1. The molecule has 1 rings (SSSR count). The Hall–Kier alpha value is -0.810. The van der Waals surface area contributed by atoms with Crippen LogP contribution in [0, 0.1) is 0 Å².